The van der Waals surface area contributed by atoms with Gasteiger partial charge in [-0.2, -0.15) is 0 Å². The highest BCUT2D eigenvalue weighted by molar-refractivity contribution is 6.06. The van der Waals surface area contributed by atoms with Crippen LogP contribution in [0.4, 0.5) is 5.69 Å². The van der Waals surface area contributed by atoms with E-state index < -0.39 is 18.2 Å². The standard InChI is InChI=1S/C16H15NO4/c1-2-20-16(19)14-13(21-14)15(18)17-12-9-5-7-10-6-3-4-8-11(10)12/h3-9,13-14H,2H2,1H3,(H,17,18). The molecule has 21 heavy (non-hydrogen) atoms. The molecule has 0 spiro atoms. The van der Waals surface area contributed by atoms with E-state index in [0.717, 1.165) is 10.8 Å². The van der Waals surface area contributed by atoms with Crippen LogP contribution in [0.1, 0.15) is 6.92 Å². The maximum Gasteiger partial charge on any atom is 0.338 e. The Hall–Kier alpha value is -2.40. The topological polar surface area (TPSA) is 67.9 Å². The molecule has 108 valence electrons. The van der Waals surface area contributed by atoms with Crippen molar-refractivity contribution >= 4 is 28.3 Å². The molecule has 1 fully saturated rings. The Kier molecular flexibility index (Phi) is 3.58. The van der Waals surface area contributed by atoms with E-state index in [1.165, 1.54) is 0 Å². The summed E-state index contributed by atoms with van der Waals surface area (Å²) in [5, 5.41) is 4.78. The molecule has 2 atom stereocenters. The summed E-state index contributed by atoms with van der Waals surface area (Å²) >= 11 is 0. The lowest BCUT2D eigenvalue weighted by molar-refractivity contribution is -0.144. The lowest BCUT2D eigenvalue weighted by Gasteiger charge is -2.07. The van der Waals surface area contributed by atoms with Gasteiger partial charge in [-0.15, -0.1) is 0 Å². The fraction of sp³-hybridized carbons (Fsp3) is 0.250. The molecular formula is C16H15NO4. The van der Waals surface area contributed by atoms with Gasteiger partial charge < -0.3 is 14.8 Å². The first-order valence-electron chi connectivity index (χ1n) is 6.81. The second-order valence-electron chi connectivity index (χ2n) is 4.75. The first kappa shape index (κ1) is 13.6. The lowest BCUT2D eigenvalue weighted by Crippen LogP contribution is -2.24. The summed E-state index contributed by atoms with van der Waals surface area (Å²) in [5.41, 5.74) is 0.705. The van der Waals surface area contributed by atoms with E-state index in [-0.39, 0.29) is 12.5 Å². The number of rotatable bonds is 4. The van der Waals surface area contributed by atoms with Crippen LogP contribution < -0.4 is 5.32 Å². The summed E-state index contributed by atoms with van der Waals surface area (Å²) in [6, 6.07) is 13.4. The van der Waals surface area contributed by atoms with Crippen LogP contribution in [-0.2, 0) is 19.1 Å². The van der Waals surface area contributed by atoms with Gasteiger partial charge in [0.2, 0.25) is 0 Å². The lowest BCUT2D eigenvalue weighted by atomic mass is 10.1. The van der Waals surface area contributed by atoms with Crippen molar-refractivity contribution in [3.63, 3.8) is 0 Å². The Morgan fingerprint density at radius 3 is 2.71 bits per heavy atom. The van der Waals surface area contributed by atoms with Crippen LogP contribution in [0.3, 0.4) is 0 Å². The third kappa shape index (κ3) is 2.73. The van der Waals surface area contributed by atoms with E-state index in [1.807, 2.05) is 42.5 Å². The van der Waals surface area contributed by atoms with Gasteiger partial charge in [0.05, 0.1) is 6.61 Å². The Bertz CT molecular complexity index is 692. The highest BCUT2D eigenvalue weighted by atomic mass is 16.6. The van der Waals surface area contributed by atoms with Crippen LogP contribution in [0.15, 0.2) is 42.5 Å². The molecule has 0 radical (unpaired) electrons. The Morgan fingerprint density at radius 1 is 1.14 bits per heavy atom. The van der Waals surface area contributed by atoms with E-state index >= 15 is 0 Å². The van der Waals surface area contributed by atoms with Gasteiger partial charge >= 0.3 is 5.97 Å². The number of epoxide rings is 1. The van der Waals surface area contributed by atoms with Crippen molar-refractivity contribution in [2.45, 2.75) is 19.1 Å². The maximum atomic E-state index is 12.1. The molecule has 1 N–H and O–H groups in total. The summed E-state index contributed by atoms with van der Waals surface area (Å²) in [5.74, 6) is -0.819. The molecule has 1 heterocycles. The molecule has 3 rings (SSSR count). The van der Waals surface area contributed by atoms with Crippen molar-refractivity contribution < 1.29 is 19.1 Å². The van der Waals surface area contributed by atoms with Crippen LogP contribution in [0.2, 0.25) is 0 Å². The van der Waals surface area contributed by atoms with Crippen LogP contribution in [0.5, 0.6) is 0 Å². The molecule has 2 aromatic rings. The average molecular weight is 285 g/mol. The smallest absolute Gasteiger partial charge is 0.338 e. The third-order valence-corrected chi connectivity index (χ3v) is 3.32. The molecule has 2 aromatic carbocycles. The molecule has 0 aliphatic carbocycles. The van der Waals surface area contributed by atoms with Gasteiger partial charge in [0.15, 0.2) is 12.2 Å². The van der Waals surface area contributed by atoms with E-state index in [1.54, 1.807) is 6.92 Å². The highest BCUT2D eigenvalue weighted by Crippen LogP contribution is 2.27. The van der Waals surface area contributed by atoms with Crippen molar-refractivity contribution in [1.82, 2.24) is 0 Å². The van der Waals surface area contributed by atoms with E-state index in [2.05, 4.69) is 5.32 Å². The number of esters is 1. The SMILES string of the molecule is CCOC(=O)C1OC1C(=O)Nc1cccc2ccccc12. The number of nitrogens with one attached hydrogen (secondary N) is 1. The zero-order valence-electron chi connectivity index (χ0n) is 11.5. The zero-order valence-corrected chi connectivity index (χ0v) is 11.5. The number of fused-ring (bicyclic) bond motifs is 1. The van der Waals surface area contributed by atoms with Crippen molar-refractivity contribution in [1.29, 1.82) is 0 Å². The minimum Gasteiger partial charge on any atom is -0.464 e. The second kappa shape index (κ2) is 5.54. The van der Waals surface area contributed by atoms with Gasteiger partial charge in [0.1, 0.15) is 0 Å². The third-order valence-electron chi connectivity index (χ3n) is 3.32. The summed E-state index contributed by atoms with van der Waals surface area (Å²) in [4.78, 5) is 23.6. The number of hydrogen-bond acceptors (Lipinski definition) is 4. The van der Waals surface area contributed by atoms with Gasteiger partial charge in [0.25, 0.3) is 5.91 Å². The monoisotopic (exact) mass is 285 g/mol. The average Bonchev–Trinajstić information content (AvgIpc) is 3.28. The quantitative estimate of drug-likeness (QED) is 0.690. The van der Waals surface area contributed by atoms with Crippen LogP contribution in [0.25, 0.3) is 10.8 Å². The van der Waals surface area contributed by atoms with Gasteiger partial charge in [-0.1, -0.05) is 36.4 Å². The largest absolute Gasteiger partial charge is 0.464 e. The van der Waals surface area contributed by atoms with Crippen molar-refractivity contribution in [3.05, 3.63) is 42.5 Å². The van der Waals surface area contributed by atoms with Gasteiger partial charge in [0, 0.05) is 11.1 Å². The van der Waals surface area contributed by atoms with E-state index in [4.69, 9.17) is 9.47 Å². The molecule has 1 aliphatic heterocycles. The maximum absolute atomic E-state index is 12.1. The van der Waals surface area contributed by atoms with Crippen LogP contribution in [0, 0.1) is 0 Å². The highest BCUT2D eigenvalue weighted by Gasteiger charge is 2.51. The Balaban J connectivity index is 1.72. The van der Waals surface area contributed by atoms with Crippen molar-refractivity contribution in [2.75, 3.05) is 11.9 Å². The molecule has 0 bridgehead atoms. The summed E-state index contributed by atoms with van der Waals surface area (Å²) in [6.07, 6.45) is -1.54. The molecule has 5 nitrogen and oxygen atoms in total. The summed E-state index contributed by atoms with van der Waals surface area (Å²) < 4.78 is 9.91. The van der Waals surface area contributed by atoms with Crippen molar-refractivity contribution in [2.24, 2.45) is 0 Å². The summed E-state index contributed by atoms with van der Waals surface area (Å²) in [6.45, 7) is 1.99. The van der Waals surface area contributed by atoms with Crippen LogP contribution in [-0.4, -0.2) is 30.7 Å². The molecule has 0 saturated carbocycles. The van der Waals surface area contributed by atoms with Gasteiger partial charge in [-0.05, 0) is 18.4 Å². The van der Waals surface area contributed by atoms with Crippen LogP contribution >= 0.6 is 0 Å². The van der Waals surface area contributed by atoms with E-state index in [9.17, 15) is 9.59 Å². The molecule has 2 unspecified atom stereocenters. The molecule has 0 aromatic heterocycles. The number of amides is 1. The Labute approximate surface area is 121 Å². The molecule has 1 saturated heterocycles. The second-order valence-corrected chi connectivity index (χ2v) is 4.75. The molecule has 5 heteroatoms. The predicted molar refractivity (Wildman–Crippen MR) is 77.9 cm³/mol. The van der Waals surface area contributed by atoms with Gasteiger partial charge in [-0.3, -0.25) is 4.79 Å². The minimum atomic E-state index is -0.778. The molecular weight excluding hydrogens is 270 g/mol. The minimum absolute atomic E-state index is 0.274. The first-order valence-corrected chi connectivity index (χ1v) is 6.81. The zero-order chi connectivity index (χ0) is 14.8. The fourth-order valence-electron chi connectivity index (χ4n) is 2.25. The number of anilines is 1. The Morgan fingerprint density at radius 2 is 1.90 bits per heavy atom. The van der Waals surface area contributed by atoms with E-state index in [0.29, 0.717) is 5.69 Å². The number of benzene rings is 2. The number of carbonyl (C=O) groups excluding carboxylic acids is 2. The fourth-order valence-corrected chi connectivity index (χ4v) is 2.25. The molecule has 1 aliphatic rings. The number of hydrogen-bond donors (Lipinski definition) is 1. The van der Waals surface area contributed by atoms with Gasteiger partial charge in [-0.25, -0.2) is 4.79 Å². The number of carbonyl (C=O) groups is 2. The first-order chi connectivity index (χ1) is 10.2. The number of ether oxygens (including phenoxy) is 2. The van der Waals surface area contributed by atoms with Crippen molar-refractivity contribution in [3.8, 4) is 0 Å². The molecule has 1 amide bonds. The normalized spacial score (nSPS) is 20.0. The predicted octanol–water partition coefficient (Wildman–Crippen LogP) is 2.11. The summed E-state index contributed by atoms with van der Waals surface area (Å²) in [7, 11) is 0.